The number of amides is 4. The van der Waals surface area contributed by atoms with Crippen molar-refractivity contribution in [2.45, 2.75) is 13.8 Å². The van der Waals surface area contributed by atoms with Gasteiger partial charge in [-0.1, -0.05) is 0 Å². The second-order valence-electron chi connectivity index (χ2n) is 6.27. The summed E-state index contributed by atoms with van der Waals surface area (Å²) in [6, 6.07) is 1.36. The second kappa shape index (κ2) is 15.4. The van der Waals surface area contributed by atoms with Crippen LogP contribution in [0.4, 0.5) is 21.5 Å². The van der Waals surface area contributed by atoms with Gasteiger partial charge in [-0.2, -0.15) is 11.0 Å². The summed E-state index contributed by atoms with van der Waals surface area (Å²) in [6.45, 7) is 2.77. The van der Waals surface area contributed by atoms with E-state index in [-0.39, 0.29) is 49.9 Å². The van der Waals surface area contributed by atoms with Crippen molar-refractivity contribution in [1.29, 1.82) is 0 Å². The van der Waals surface area contributed by atoms with Gasteiger partial charge in [-0.25, -0.2) is 19.6 Å². The standard InChI is InChI=1S/C16H25N10O8P/c1-9-3-11(27)23-13(21-9)25-15(29)17-5-19-31-7-33-35-34-8-32-20-6-18-16(30)26-14-22-10(2)4-12(28)24-14/h3-4,19-20,35H,5-8H2,1-2H3,(H3,17,21,23,25,27,29)(H3,18,22,24,26,28,30). The first-order chi connectivity index (χ1) is 16.8. The Bertz CT molecular complexity index is 997. The van der Waals surface area contributed by atoms with Crippen LogP contribution in [0.5, 0.6) is 0 Å². The Morgan fingerprint density at radius 1 is 0.829 bits per heavy atom. The summed E-state index contributed by atoms with van der Waals surface area (Å²) >= 11 is 0. The highest BCUT2D eigenvalue weighted by molar-refractivity contribution is 7.26. The van der Waals surface area contributed by atoms with Crippen molar-refractivity contribution in [3.63, 3.8) is 0 Å². The van der Waals surface area contributed by atoms with Crippen LogP contribution in [0.25, 0.3) is 0 Å². The zero-order valence-corrected chi connectivity index (χ0v) is 19.6. The predicted molar refractivity (Wildman–Crippen MR) is 122 cm³/mol. The largest absolute Gasteiger partial charge is 0.323 e. The molecule has 0 saturated heterocycles. The van der Waals surface area contributed by atoms with Crippen LogP contribution < -0.4 is 43.3 Å². The number of carbonyl (C=O) groups excluding carboxylic acids is 2. The summed E-state index contributed by atoms with van der Waals surface area (Å²) in [7, 11) is -0.409. The summed E-state index contributed by atoms with van der Waals surface area (Å²) < 4.78 is 10.0. The van der Waals surface area contributed by atoms with Crippen LogP contribution in [-0.2, 0) is 18.7 Å². The second-order valence-corrected chi connectivity index (χ2v) is 7.02. The number of urea groups is 2. The number of nitrogens with one attached hydrogen (secondary N) is 8. The summed E-state index contributed by atoms with van der Waals surface area (Å²) in [5.74, 6) is 0.0333. The van der Waals surface area contributed by atoms with Gasteiger partial charge in [0.15, 0.2) is 22.6 Å². The molecular weight excluding hydrogens is 491 g/mol. The molecule has 0 saturated carbocycles. The van der Waals surface area contributed by atoms with Crippen LogP contribution in [0.3, 0.4) is 0 Å². The van der Waals surface area contributed by atoms with Crippen molar-refractivity contribution < 1.29 is 28.3 Å². The molecule has 19 heteroatoms. The molecule has 4 amide bonds. The lowest BCUT2D eigenvalue weighted by molar-refractivity contribution is -0.0670. The lowest BCUT2D eigenvalue weighted by Gasteiger charge is -2.10. The van der Waals surface area contributed by atoms with E-state index in [0.717, 1.165) is 0 Å². The molecule has 0 atom stereocenters. The van der Waals surface area contributed by atoms with Crippen molar-refractivity contribution in [1.82, 2.24) is 41.5 Å². The molecule has 2 aromatic heterocycles. The normalized spacial score (nSPS) is 10.6. The maximum atomic E-state index is 11.7. The SMILES string of the molecule is Cc1cc(=O)[nH]c(NC(=O)NCNOCOPOCONCNC(=O)Nc2nc(C)cc(=O)[nH]2)n1. The summed E-state index contributed by atoms with van der Waals surface area (Å²) in [5.41, 5.74) is 5.00. The van der Waals surface area contributed by atoms with Gasteiger partial charge in [0.05, 0.1) is 13.3 Å². The van der Waals surface area contributed by atoms with E-state index in [0.29, 0.717) is 11.4 Å². The molecule has 0 spiro atoms. The quantitative estimate of drug-likeness (QED) is 0.0642. The monoisotopic (exact) mass is 516 g/mol. The van der Waals surface area contributed by atoms with Gasteiger partial charge >= 0.3 is 12.1 Å². The number of H-pyrrole nitrogens is 2. The van der Waals surface area contributed by atoms with Crippen LogP contribution in [0.1, 0.15) is 11.4 Å². The topological polar surface area (TPSA) is 235 Å². The van der Waals surface area contributed by atoms with Crippen LogP contribution in [0.2, 0.25) is 0 Å². The first-order valence-corrected chi connectivity index (χ1v) is 10.6. The van der Waals surface area contributed by atoms with E-state index in [1.165, 1.54) is 12.1 Å². The number of hydroxylamine groups is 2. The van der Waals surface area contributed by atoms with E-state index in [9.17, 15) is 19.2 Å². The lowest BCUT2D eigenvalue weighted by atomic mass is 10.4. The highest BCUT2D eigenvalue weighted by Crippen LogP contribution is 2.11. The third-order valence-electron chi connectivity index (χ3n) is 3.40. The van der Waals surface area contributed by atoms with E-state index in [4.69, 9.17) is 18.7 Å². The number of rotatable bonds is 14. The molecule has 0 aromatic carbocycles. The maximum Gasteiger partial charge on any atom is 0.322 e. The molecule has 0 aliphatic rings. The molecule has 0 fully saturated rings. The van der Waals surface area contributed by atoms with E-state index in [1.54, 1.807) is 13.8 Å². The molecule has 192 valence electrons. The smallest absolute Gasteiger partial charge is 0.322 e. The molecule has 0 radical (unpaired) electrons. The summed E-state index contributed by atoms with van der Waals surface area (Å²) in [4.78, 5) is 68.4. The van der Waals surface area contributed by atoms with Gasteiger partial charge < -0.3 is 19.7 Å². The zero-order chi connectivity index (χ0) is 25.5. The van der Waals surface area contributed by atoms with E-state index in [1.807, 2.05) is 0 Å². The van der Waals surface area contributed by atoms with Crippen LogP contribution in [0.15, 0.2) is 21.7 Å². The zero-order valence-electron chi connectivity index (χ0n) is 18.6. The minimum Gasteiger partial charge on any atom is -0.323 e. The van der Waals surface area contributed by atoms with E-state index in [2.05, 4.69) is 52.2 Å². The Labute approximate surface area is 199 Å². The summed E-state index contributed by atoms with van der Waals surface area (Å²) in [6.07, 6.45) is 0. The number of carbonyl (C=O) groups is 2. The minimum absolute atomic E-state index is 0.0166. The van der Waals surface area contributed by atoms with Gasteiger partial charge in [0.2, 0.25) is 11.9 Å². The van der Waals surface area contributed by atoms with Crippen molar-refractivity contribution in [3.8, 4) is 0 Å². The first-order valence-electron chi connectivity index (χ1n) is 9.75. The Morgan fingerprint density at radius 2 is 1.26 bits per heavy atom. The molecule has 35 heavy (non-hydrogen) atoms. The molecule has 0 unspecified atom stereocenters. The highest BCUT2D eigenvalue weighted by atomic mass is 31.1. The van der Waals surface area contributed by atoms with Gasteiger partial charge in [0, 0.05) is 23.5 Å². The Balaban J connectivity index is 1.38. The van der Waals surface area contributed by atoms with E-state index < -0.39 is 21.1 Å². The van der Waals surface area contributed by atoms with E-state index >= 15 is 0 Å². The number of anilines is 2. The number of aryl methyl sites for hydroxylation is 2. The fraction of sp³-hybridized carbons (Fsp3) is 0.375. The van der Waals surface area contributed by atoms with Crippen LogP contribution in [0, 0.1) is 13.8 Å². The van der Waals surface area contributed by atoms with Gasteiger partial charge in [-0.15, -0.1) is 0 Å². The van der Waals surface area contributed by atoms with Crippen molar-refractivity contribution in [2.24, 2.45) is 0 Å². The van der Waals surface area contributed by atoms with Crippen LogP contribution in [-0.4, -0.2) is 58.9 Å². The van der Waals surface area contributed by atoms with Gasteiger partial charge in [0.25, 0.3) is 11.1 Å². The van der Waals surface area contributed by atoms with Gasteiger partial charge in [-0.3, -0.25) is 39.9 Å². The lowest BCUT2D eigenvalue weighted by Crippen LogP contribution is -2.37. The molecule has 8 N–H and O–H groups in total. The Morgan fingerprint density at radius 3 is 1.66 bits per heavy atom. The Kier molecular flexibility index (Phi) is 12.2. The van der Waals surface area contributed by atoms with Gasteiger partial charge in [0.1, 0.15) is 0 Å². The number of aromatic nitrogens is 4. The number of nitrogens with zero attached hydrogens (tertiary/aromatic N) is 2. The molecule has 0 aliphatic carbocycles. The molecule has 0 bridgehead atoms. The molecular formula is C16H25N10O8P. The van der Waals surface area contributed by atoms with Gasteiger partial charge in [-0.05, 0) is 13.8 Å². The molecule has 0 aliphatic heterocycles. The minimum atomic E-state index is -0.612. The average Bonchev–Trinajstić information content (AvgIpc) is 2.75. The summed E-state index contributed by atoms with van der Waals surface area (Å²) in [5, 5.41) is 9.55. The maximum absolute atomic E-state index is 11.7. The van der Waals surface area contributed by atoms with Crippen LogP contribution >= 0.6 is 9.03 Å². The molecule has 2 heterocycles. The molecule has 18 nitrogen and oxygen atoms in total. The van der Waals surface area contributed by atoms with Crippen molar-refractivity contribution in [3.05, 3.63) is 44.2 Å². The van der Waals surface area contributed by atoms with Crippen molar-refractivity contribution >= 4 is 33.0 Å². The van der Waals surface area contributed by atoms with Crippen molar-refractivity contribution in [2.75, 3.05) is 37.6 Å². The first kappa shape index (κ1) is 27.7. The third kappa shape index (κ3) is 12.5. The number of aromatic amines is 2. The highest BCUT2D eigenvalue weighted by Gasteiger charge is 2.05. The predicted octanol–water partition coefficient (Wildman–Crippen LogP) is -1.17. The average molecular weight is 516 g/mol. The molecule has 2 aromatic rings. The fourth-order valence-corrected chi connectivity index (χ4v) is 2.44. The Hall–Kier alpha value is -3.51. The third-order valence-corrected chi connectivity index (χ3v) is 3.87. The fourth-order valence-electron chi connectivity index (χ4n) is 2.15. The number of hydrogen-bond donors (Lipinski definition) is 8. The molecule has 2 rings (SSSR count). The number of hydrogen-bond acceptors (Lipinski definition) is 12.